The molecule has 1 aromatic rings. The summed E-state index contributed by atoms with van der Waals surface area (Å²) in [6, 6.07) is 5.27. The molecule has 1 saturated heterocycles. The third-order valence-corrected chi connectivity index (χ3v) is 3.07. The molecule has 1 fully saturated rings. The van der Waals surface area contributed by atoms with Gasteiger partial charge in [0.15, 0.2) is 0 Å². The monoisotopic (exact) mass is 259 g/mol. The molecule has 2 rings (SSSR count). The van der Waals surface area contributed by atoms with Gasteiger partial charge in [-0.05, 0) is 30.0 Å². The lowest BCUT2D eigenvalue weighted by Crippen LogP contribution is -2.22. The molecule has 0 saturated carbocycles. The number of hydrogen-bond donors (Lipinski definition) is 1. The summed E-state index contributed by atoms with van der Waals surface area (Å²) < 4.78 is 42.3. The van der Waals surface area contributed by atoms with E-state index in [-0.39, 0.29) is 0 Å². The third kappa shape index (κ3) is 3.71. The van der Waals surface area contributed by atoms with Crippen molar-refractivity contribution in [1.29, 1.82) is 0 Å². The normalized spacial score (nSPS) is 20.3. The van der Waals surface area contributed by atoms with Gasteiger partial charge in [-0.3, -0.25) is 0 Å². The molecular weight excluding hydrogens is 243 g/mol. The van der Waals surface area contributed by atoms with Gasteiger partial charge in [-0.2, -0.15) is 13.2 Å². The number of ether oxygens (including phenoxy) is 1. The highest BCUT2D eigenvalue weighted by Crippen LogP contribution is 2.29. The molecule has 0 spiro atoms. The van der Waals surface area contributed by atoms with E-state index in [4.69, 9.17) is 4.74 Å². The summed E-state index contributed by atoms with van der Waals surface area (Å²) >= 11 is 0. The van der Waals surface area contributed by atoms with Gasteiger partial charge in [-0.1, -0.05) is 12.1 Å². The number of rotatable bonds is 4. The van der Waals surface area contributed by atoms with Gasteiger partial charge in [0.2, 0.25) is 0 Å². The quantitative estimate of drug-likeness (QED) is 0.897. The minimum atomic E-state index is -4.26. The Morgan fingerprint density at radius 3 is 2.50 bits per heavy atom. The van der Waals surface area contributed by atoms with Crippen molar-refractivity contribution < 1.29 is 17.9 Å². The van der Waals surface area contributed by atoms with E-state index >= 15 is 0 Å². The summed E-state index contributed by atoms with van der Waals surface area (Å²) in [6.45, 7) is 3.03. The molecule has 0 radical (unpaired) electrons. The lowest BCUT2D eigenvalue weighted by Gasteiger charge is -2.10. The molecule has 100 valence electrons. The minimum Gasteiger partial charge on any atom is -0.381 e. The Hall–Kier alpha value is -1.07. The van der Waals surface area contributed by atoms with Gasteiger partial charge in [0.25, 0.3) is 0 Å². The molecule has 1 heterocycles. The van der Waals surface area contributed by atoms with Crippen LogP contribution in [0.3, 0.4) is 0 Å². The first-order valence-corrected chi connectivity index (χ1v) is 6.00. The van der Waals surface area contributed by atoms with Crippen molar-refractivity contribution in [1.82, 2.24) is 5.32 Å². The maximum absolute atomic E-state index is 12.3. The molecule has 1 aromatic carbocycles. The first kappa shape index (κ1) is 13.4. The SMILES string of the molecule is FC(F)(F)c1ccc(CNCC2CCOC2)cc1. The summed E-state index contributed by atoms with van der Waals surface area (Å²) in [6.07, 6.45) is -3.20. The number of benzene rings is 1. The van der Waals surface area contributed by atoms with Crippen LogP contribution in [0.15, 0.2) is 24.3 Å². The Kier molecular flexibility index (Phi) is 4.24. The van der Waals surface area contributed by atoms with Crippen LogP contribution in [0.5, 0.6) is 0 Å². The van der Waals surface area contributed by atoms with Gasteiger partial charge in [-0.15, -0.1) is 0 Å². The molecule has 0 amide bonds. The van der Waals surface area contributed by atoms with Crippen molar-refractivity contribution in [3.63, 3.8) is 0 Å². The largest absolute Gasteiger partial charge is 0.416 e. The number of halogens is 3. The van der Waals surface area contributed by atoms with E-state index in [0.29, 0.717) is 12.5 Å². The molecule has 1 atom stereocenters. The van der Waals surface area contributed by atoms with Crippen LogP contribution in [-0.2, 0) is 17.5 Å². The van der Waals surface area contributed by atoms with Gasteiger partial charge in [0.1, 0.15) is 0 Å². The molecule has 1 N–H and O–H groups in total. The molecular formula is C13H16F3NO. The second-order valence-electron chi connectivity index (χ2n) is 4.56. The standard InChI is InChI=1S/C13H16F3NO/c14-13(15,16)12-3-1-10(2-4-12)7-17-8-11-5-6-18-9-11/h1-4,11,17H,5-9H2. The Labute approximate surface area is 104 Å². The molecule has 1 aliphatic heterocycles. The maximum Gasteiger partial charge on any atom is 0.416 e. The number of nitrogens with one attached hydrogen (secondary N) is 1. The Morgan fingerprint density at radius 1 is 1.22 bits per heavy atom. The number of hydrogen-bond acceptors (Lipinski definition) is 2. The van der Waals surface area contributed by atoms with Gasteiger partial charge < -0.3 is 10.1 Å². The molecule has 0 aromatic heterocycles. The molecule has 0 aliphatic carbocycles. The molecule has 5 heteroatoms. The van der Waals surface area contributed by atoms with Crippen molar-refractivity contribution in [2.45, 2.75) is 19.1 Å². The summed E-state index contributed by atoms with van der Waals surface area (Å²) in [5.74, 6) is 0.527. The van der Waals surface area contributed by atoms with Crippen LogP contribution in [0, 0.1) is 5.92 Å². The molecule has 1 unspecified atom stereocenters. The Bertz CT molecular complexity index is 369. The Balaban J connectivity index is 1.79. The van der Waals surface area contributed by atoms with Crippen LogP contribution in [0.25, 0.3) is 0 Å². The van der Waals surface area contributed by atoms with E-state index in [9.17, 15) is 13.2 Å². The lowest BCUT2D eigenvalue weighted by atomic mass is 10.1. The van der Waals surface area contributed by atoms with Crippen molar-refractivity contribution in [3.05, 3.63) is 35.4 Å². The van der Waals surface area contributed by atoms with Crippen LogP contribution < -0.4 is 5.32 Å². The van der Waals surface area contributed by atoms with Gasteiger partial charge in [0, 0.05) is 19.7 Å². The highest BCUT2D eigenvalue weighted by Gasteiger charge is 2.29. The average molecular weight is 259 g/mol. The predicted molar refractivity (Wildman–Crippen MR) is 62.1 cm³/mol. The fourth-order valence-corrected chi connectivity index (χ4v) is 1.98. The maximum atomic E-state index is 12.3. The fraction of sp³-hybridized carbons (Fsp3) is 0.538. The van der Waals surface area contributed by atoms with Crippen LogP contribution in [0.2, 0.25) is 0 Å². The van der Waals surface area contributed by atoms with Gasteiger partial charge in [0.05, 0.1) is 12.2 Å². The smallest absolute Gasteiger partial charge is 0.381 e. The second kappa shape index (κ2) is 5.71. The third-order valence-electron chi connectivity index (χ3n) is 3.07. The highest BCUT2D eigenvalue weighted by atomic mass is 19.4. The topological polar surface area (TPSA) is 21.3 Å². The van der Waals surface area contributed by atoms with Crippen molar-refractivity contribution in [2.75, 3.05) is 19.8 Å². The van der Waals surface area contributed by atoms with E-state index in [1.54, 1.807) is 0 Å². The summed E-state index contributed by atoms with van der Waals surface area (Å²) in [4.78, 5) is 0. The summed E-state index contributed by atoms with van der Waals surface area (Å²) in [7, 11) is 0. The molecule has 2 nitrogen and oxygen atoms in total. The van der Waals surface area contributed by atoms with Crippen molar-refractivity contribution in [2.24, 2.45) is 5.92 Å². The zero-order valence-electron chi connectivity index (χ0n) is 9.96. The van der Waals surface area contributed by atoms with Crippen LogP contribution in [-0.4, -0.2) is 19.8 Å². The molecule has 1 aliphatic rings. The van der Waals surface area contributed by atoms with E-state index in [1.807, 2.05) is 0 Å². The number of alkyl halides is 3. The van der Waals surface area contributed by atoms with Crippen LogP contribution in [0.4, 0.5) is 13.2 Å². The van der Waals surface area contributed by atoms with Crippen molar-refractivity contribution >= 4 is 0 Å². The second-order valence-corrected chi connectivity index (χ2v) is 4.56. The van der Waals surface area contributed by atoms with E-state index in [0.717, 1.165) is 43.9 Å². The molecule has 0 bridgehead atoms. The Morgan fingerprint density at radius 2 is 1.94 bits per heavy atom. The first-order valence-electron chi connectivity index (χ1n) is 6.00. The van der Waals surface area contributed by atoms with Gasteiger partial charge >= 0.3 is 6.18 Å². The van der Waals surface area contributed by atoms with Crippen molar-refractivity contribution in [3.8, 4) is 0 Å². The minimum absolute atomic E-state index is 0.527. The zero-order chi connectivity index (χ0) is 13.0. The van der Waals surface area contributed by atoms with E-state index in [2.05, 4.69) is 5.32 Å². The van der Waals surface area contributed by atoms with E-state index in [1.165, 1.54) is 12.1 Å². The van der Waals surface area contributed by atoms with Gasteiger partial charge in [-0.25, -0.2) is 0 Å². The molecule has 18 heavy (non-hydrogen) atoms. The average Bonchev–Trinajstić information content (AvgIpc) is 2.82. The summed E-state index contributed by atoms with van der Waals surface area (Å²) in [5.41, 5.74) is 0.261. The lowest BCUT2D eigenvalue weighted by molar-refractivity contribution is -0.137. The van der Waals surface area contributed by atoms with Crippen LogP contribution in [0.1, 0.15) is 17.5 Å². The fourth-order valence-electron chi connectivity index (χ4n) is 1.98. The zero-order valence-corrected chi connectivity index (χ0v) is 9.96. The van der Waals surface area contributed by atoms with Crippen LogP contribution >= 0.6 is 0 Å². The first-order chi connectivity index (χ1) is 8.55. The summed E-state index contributed by atoms with van der Waals surface area (Å²) in [5, 5.41) is 3.24. The van der Waals surface area contributed by atoms with E-state index < -0.39 is 11.7 Å². The highest BCUT2D eigenvalue weighted by molar-refractivity contribution is 5.24. The predicted octanol–water partition coefficient (Wildman–Crippen LogP) is 2.83.